The molecule has 0 aromatic heterocycles. The van der Waals surface area contributed by atoms with Crippen LogP contribution in [0.25, 0.3) is 0 Å². The van der Waals surface area contributed by atoms with Crippen molar-refractivity contribution < 1.29 is 33.6 Å². The molecule has 2 aliphatic heterocycles. The number of aliphatic carboxylic acids is 1. The van der Waals surface area contributed by atoms with Crippen LogP contribution in [0, 0.1) is 5.92 Å². The minimum absolute atomic E-state index is 0.0309. The lowest BCUT2D eigenvalue weighted by Crippen LogP contribution is -2.55. The van der Waals surface area contributed by atoms with E-state index >= 15 is 0 Å². The van der Waals surface area contributed by atoms with E-state index in [1.165, 1.54) is 5.57 Å². The van der Waals surface area contributed by atoms with Gasteiger partial charge in [0, 0.05) is 7.11 Å². The van der Waals surface area contributed by atoms with Crippen molar-refractivity contribution in [1.29, 1.82) is 0 Å². The van der Waals surface area contributed by atoms with Crippen LogP contribution in [0.3, 0.4) is 0 Å². The highest BCUT2D eigenvalue weighted by molar-refractivity contribution is 5.76. The third-order valence-electron chi connectivity index (χ3n) is 6.06. The van der Waals surface area contributed by atoms with Crippen molar-refractivity contribution >= 4 is 11.9 Å². The number of rotatable bonds is 8. The largest absolute Gasteiger partial charge is 0.481 e. The summed E-state index contributed by atoms with van der Waals surface area (Å²) in [6.07, 6.45) is 3.41. The molecule has 27 heavy (non-hydrogen) atoms. The van der Waals surface area contributed by atoms with Crippen molar-refractivity contribution in [1.82, 2.24) is 0 Å². The molecule has 0 amide bonds. The number of methoxy groups -OCH3 is 1. The Kier molecular flexibility index (Phi) is 5.66. The second-order valence-corrected chi connectivity index (χ2v) is 8.30. The zero-order chi connectivity index (χ0) is 19.8. The number of carbonyl (C=O) groups is 2. The van der Waals surface area contributed by atoms with Crippen LogP contribution in [0.1, 0.15) is 52.9 Å². The first-order chi connectivity index (χ1) is 12.7. The third kappa shape index (κ3) is 4.20. The molecule has 3 rings (SSSR count). The fourth-order valence-electron chi connectivity index (χ4n) is 4.51. The van der Waals surface area contributed by atoms with Crippen LogP contribution in [0.4, 0.5) is 0 Å². The normalized spacial score (nSPS) is 39.7. The highest BCUT2D eigenvalue weighted by atomic mass is 16.6. The Morgan fingerprint density at radius 3 is 2.56 bits per heavy atom. The summed E-state index contributed by atoms with van der Waals surface area (Å²) in [6.45, 7) is 6.89. The minimum atomic E-state index is -1.01. The molecule has 1 aliphatic carbocycles. The number of carboxylic acids is 1. The van der Waals surface area contributed by atoms with Crippen molar-refractivity contribution in [2.45, 2.75) is 82.4 Å². The van der Waals surface area contributed by atoms with Gasteiger partial charge in [0.2, 0.25) is 0 Å². The zero-order valence-electron chi connectivity index (χ0n) is 16.5. The van der Waals surface area contributed by atoms with Crippen LogP contribution in [-0.4, -0.2) is 60.3 Å². The average molecular weight is 382 g/mol. The average Bonchev–Trinajstić information content (AvgIpc) is 3.50. The summed E-state index contributed by atoms with van der Waals surface area (Å²) < 4.78 is 23.4. The molecule has 1 spiro atoms. The van der Waals surface area contributed by atoms with Gasteiger partial charge in [-0.05, 0) is 40.0 Å². The Labute approximate surface area is 160 Å². The molecule has 3 aliphatic rings. The Morgan fingerprint density at radius 1 is 1.30 bits per heavy atom. The van der Waals surface area contributed by atoms with E-state index in [0.717, 1.165) is 12.8 Å². The van der Waals surface area contributed by atoms with Crippen molar-refractivity contribution in [2.24, 2.45) is 5.92 Å². The van der Waals surface area contributed by atoms with Gasteiger partial charge in [0.1, 0.15) is 23.4 Å². The van der Waals surface area contributed by atoms with Gasteiger partial charge in [0.15, 0.2) is 0 Å². The topological polar surface area (TPSA) is 97.9 Å². The number of ether oxygens (including phenoxy) is 4. The van der Waals surface area contributed by atoms with Crippen LogP contribution >= 0.6 is 0 Å². The summed E-state index contributed by atoms with van der Waals surface area (Å²) in [4.78, 5) is 22.7. The van der Waals surface area contributed by atoms with E-state index in [2.05, 4.69) is 26.8 Å². The predicted molar refractivity (Wildman–Crippen MR) is 96.3 cm³/mol. The highest BCUT2D eigenvalue weighted by Crippen LogP contribution is 2.59. The van der Waals surface area contributed by atoms with Gasteiger partial charge in [-0.15, -0.1) is 0 Å². The van der Waals surface area contributed by atoms with E-state index in [4.69, 9.17) is 24.1 Å². The third-order valence-corrected chi connectivity index (χ3v) is 6.06. The van der Waals surface area contributed by atoms with Gasteiger partial charge < -0.3 is 24.1 Å². The van der Waals surface area contributed by atoms with Gasteiger partial charge in [-0.2, -0.15) is 0 Å². The molecular formula is C20H30O7. The SMILES string of the molecule is CO[C@@H]1[C@H](OC(=O)CCC(=O)O)CC[C@]2(CO2)[C@H]1[C@@]1(C)O[C@@H]1CC=C(C)C. The van der Waals surface area contributed by atoms with Gasteiger partial charge in [-0.25, -0.2) is 0 Å². The lowest BCUT2D eigenvalue weighted by atomic mass is 9.68. The van der Waals surface area contributed by atoms with E-state index in [9.17, 15) is 9.59 Å². The molecule has 6 atom stereocenters. The molecule has 0 aromatic rings. The van der Waals surface area contributed by atoms with Gasteiger partial charge in [0.05, 0.1) is 31.5 Å². The maximum Gasteiger partial charge on any atom is 0.306 e. The standard InChI is InChI=1S/C20H30O7/c1-12(2)5-6-14-19(3,27-14)18-17(24-4)13(9-10-20(18)11-25-20)26-16(23)8-7-15(21)22/h5,13-14,17-18H,6-11H2,1-4H3,(H,21,22)/t13-,14-,17-,18-,19+,20+/m1/s1. The molecule has 1 saturated carbocycles. The molecule has 0 unspecified atom stereocenters. The van der Waals surface area contributed by atoms with Crippen LogP contribution in [0.2, 0.25) is 0 Å². The Hall–Kier alpha value is -1.44. The Morgan fingerprint density at radius 2 is 2.00 bits per heavy atom. The lowest BCUT2D eigenvalue weighted by Gasteiger charge is -2.42. The number of carboxylic acid groups (broad SMARTS) is 1. The summed E-state index contributed by atoms with van der Waals surface area (Å²) in [5, 5.41) is 8.75. The summed E-state index contributed by atoms with van der Waals surface area (Å²) in [7, 11) is 1.62. The molecule has 0 aromatic carbocycles. The van der Waals surface area contributed by atoms with Gasteiger partial charge in [-0.3, -0.25) is 9.59 Å². The van der Waals surface area contributed by atoms with Crippen molar-refractivity contribution in [3.8, 4) is 0 Å². The van der Waals surface area contributed by atoms with E-state index in [1.54, 1.807) is 7.11 Å². The van der Waals surface area contributed by atoms with E-state index in [1.807, 2.05) is 0 Å². The predicted octanol–water partition coefficient (Wildman–Crippen LogP) is 2.47. The van der Waals surface area contributed by atoms with Crippen LogP contribution in [0.15, 0.2) is 11.6 Å². The lowest BCUT2D eigenvalue weighted by molar-refractivity contribution is -0.172. The zero-order valence-corrected chi connectivity index (χ0v) is 16.5. The van der Waals surface area contributed by atoms with Gasteiger partial charge >= 0.3 is 11.9 Å². The Bertz CT molecular complexity index is 620. The first-order valence-electron chi connectivity index (χ1n) is 9.61. The summed E-state index contributed by atoms with van der Waals surface area (Å²) in [5.41, 5.74) is 0.608. The number of epoxide rings is 2. The monoisotopic (exact) mass is 382 g/mol. The molecule has 3 fully saturated rings. The molecule has 7 heteroatoms. The first-order valence-corrected chi connectivity index (χ1v) is 9.61. The molecule has 0 radical (unpaired) electrons. The molecule has 2 saturated heterocycles. The quantitative estimate of drug-likeness (QED) is 0.391. The fourth-order valence-corrected chi connectivity index (χ4v) is 4.51. The van der Waals surface area contributed by atoms with E-state index in [-0.39, 0.29) is 42.2 Å². The number of allylic oxidation sites excluding steroid dienone is 1. The maximum atomic E-state index is 12.1. The second kappa shape index (κ2) is 7.53. The van der Waals surface area contributed by atoms with Crippen LogP contribution in [0.5, 0.6) is 0 Å². The van der Waals surface area contributed by atoms with Crippen molar-refractivity contribution in [3.05, 3.63) is 11.6 Å². The summed E-state index contributed by atoms with van der Waals surface area (Å²) in [5.74, 6) is -1.54. The summed E-state index contributed by atoms with van der Waals surface area (Å²) in [6, 6.07) is 0. The van der Waals surface area contributed by atoms with Gasteiger partial charge in [-0.1, -0.05) is 11.6 Å². The van der Waals surface area contributed by atoms with Gasteiger partial charge in [0.25, 0.3) is 0 Å². The number of carbonyl (C=O) groups excluding carboxylic acids is 1. The molecular weight excluding hydrogens is 352 g/mol. The number of esters is 1. The molecule has 152 valence electrons. The van der Waals surface area contributed by atoms with Crippen molar-refractivity contribution in [2.75, 3.05) is 13.7 Å². The van der Waals surface area contributed by atoms with Crippen molar-refractivity contribution in [3.63, 3.8) is 0 Å². The fraction of sp³-hybridized carbons (Fsp3) is 0.800. The smallest absolute Gasteiger partial charge is 0.306 e. The maximum absolute atomic E-state index is 12.1. The van der Waals surface area contributed by atoms with E-state index in [0.29, 0.717) is 13.0 Å². The molecule has 2 heterocycles. The first kappa shape index (κ1) is 20.3. The number of hydrogen-bond donors (Lipinski definition) is 1. The van der Waals surface area contributed by atoms with E-state index < -0.39 is 18.0 Å². The minimum Gasteiger partial charge on any atom is -0.481 e. The number of hydrogen-bond acceptors (Lipinski definition) is 6. The van der Waals surface area contributed by atoms with Crippen LogP contribution < -0.4 is 0 Å². The van der Waals surface area contributed by atoms with Crippen LogP contribution in [-0.2, 0) is 28.5 Å². The molecule has 0 bridgehead atoms. The molecule has 1 N–H and O–H groups in total. The second-order valence-electron chi connectivity index (χ2n) is 8.30. The molecule has 7 nitrogen and oxygen atoms in total. The Balaban J connectivity index is 1.71. The summed E-state index contributed by atoms with van der Waals surface area (Å²) >= 11 is 0. The highest BCUT2D eigenvalue weighted by Gasteiger charge is 2.72.